The Labute approximate surface area is 76.0 Å². The van der Waals surface area contributed by atoms with Crippen molar-refractivity contribution in [3.63, 3.8) is 0 Å². The van der Waals surface area contributed by atoms with Crippen molar-refractivity contribution in [2.75, 3.05) is 0 Å². The molecule has 3 heteroatoms. The summed E-state index contributed by atoms with van der Waals surface area (Å²) in [4.78, 5) is 10.9. The molecular formula is C9H13NOS. The van der Waals surface area contributed by atoms with Gasteiger partial charge in [0.05, 0.1) is 0 Å². The Hall–Kier alpha value is -0.570. The number of rotatable bonds is 1. The largest absolute Gasteiger partial charge is 0.299 e. The molecule has 0 aromatic carbocycles. The van der Waals surface area contributed by atoms with Crippen LogP contribution in [-0.4, -0.2) is 3.96 Å². The lowest BCUT2D eigenvalue weighted by molar-refractivity contribution is 0.370. The SMILES string of the molecule is O=c1ccn(C2CCCCC2)s1. The molecule has 2 nitrogen and oxygen atoms in total. The van der Waals surface area contributed by atoms with E-state index in [9.17, 15) is 4.79 Å². The summed E-state index contributed by atoms with van der Waals surface area (Å²) in [7, 11) is 0. The van der Waals surface area contributed by atoms with Crippen LogP contribution in [0, 0.1) is 0 Å². The Morgan fingerprint density at radius 2 is 2.08 bits per heavy atom. The first-order valence-corrected chi connectivity index (χ1v) is 5.32. The van der Waals surface area contributed by atoms with Crippen LogP contribution in [-0.2, 0) is 0 Å². The summed E-state index contributed by atoms with van der Waals surface area (Å²) in [5.41, 5.74) is 0. The molecule has 0 radical (unpaired) electrons. The summed E-state index contributed by atoms with van der Waals surface area (Å²) in [5.74, 6) is 0. The second-order valence-corrected chi connectivity index (χ2v) is 4.38. The fraction of sp³-hybridized carbons (Fsp3) is 0.667. The Kier molecular flexibility index (Phi) is 2.30. The van der Waals surface area contributed by atoms with Crippen molar-refractivity contribution in [3.8, 4) is 0 Å². The van der Waals surface area contributed by atoms with Crippen LogP contribution in [0.5, 0.6) is 0 Å². The molecule has 2 rings (SSSR count). The topological polar surface area (TPSA) is 22.0 Å². The fourth-order valence-electron chi connectivity index (χ4n) is 1.83. The Morgan fingerprint density at radius 1 is 1.33 bits per heavy atom. The normalized spacial score (nSPS) is 19.7. The Morgan fingerprint density at radius 3 is 2.67 bits per heavy atom. The maximum Gasteiger partial charge on any atom is 0.249 e. The van der Waals surface area contributed by atoms with Crippen molar-refractivity contribution in [1.29, 1.82) is 0 Å². The van der Waals surface area contributed by atoms with Crippen molar-refractivity contribution in [3.05, 3.63) is 21.8 Å². The van der Waals surface area contributed by atoms with Crippen LogP contribution in [0.15, 0.2) is 17.1 Å². The Bertz CT molecular complexity index is 295. The lowest BCUT2D eigenvalue weighted by Crippen LogP contribution is -2.09. The van der Waals surface area contributed by atoms with E-state index in [1.807, 2.05) is 6.20 Å². The van der Waals surface area contributed by atoms with E-state index < -0.39 is 0 Å². The maximum atomic E-state index is 10.9. The van der Waals surface area contributed by atoms with E-state index in [0.29, 0.717) is 6.04 Å². The van der Waals surface area contributed by atoms with Gasteiger partial charge in [-0.05, 0) is 24.4 Å². The van der Waals surface area contributed by atoms with Gasteiger partial charge in [0.15, 0.2) is 0 Å². The molecule has 0 aliphatic heterocycles. The molecule has 12 heavy (non-hydrogen) atoms. The second-order valence-electron chi connectivity index (χ2n) is 3.38. The molecule has 66 valence electrons. The predicted octanol–water partition coefficient (Wildman–Crippen LogP) is 2.42. The number of hydrogen-bond acceptors (Lipinski definition) is 2. The minimum absolute atomic E-state index is 0.181. The van der Waals surface area contributed by atoms with E-state index in [2.05, 4.69) is 3.96 Å². The van der Waals surface area contributed by atoms with Crippen LogP contribution in [0.1, 0.15) is 38.1 Å². The standard InChI is InChI=1S/C9H13NOS/c11-9-6-7-10(12-9)8-4-2-1-3-5-8/h6-8H,1-5H2. The first kappa shape index (κ1) is 8.05. The van der Waals surface area contributed by atoms with Crippen molar-refractivity contribution in [2.24, 2.45) is 0 Å². The molecule has 0 N–H and O–H groups in total. The van der Waals surface area contributed by atoms with E-state index >= 15 is 0 Å². The van der Waals surface area contributed by atoms with E-state index in [1.165, 1.54) is 43.6 Å². The second kappa shape index (κ2) is 3.44. The third kappa shape index (κ3) is 1.61. The summed E-state index contributed by atoms with van der Waals surface area (Å²) in [5, 5.41) is 0. The van der Waals surface area contributed by atoms with Crippen LogP contribution < -0.4 is 4.74 Å². The van der Waals surface area contributed by atoms with Gasteiger partial charge in [0.25, 0.3) is 0 Å². The number of nitrogens with zero attached hydrogens (tertiary/aromatic N) is 1. The highest BCUT2D eigenvalue weighted by Crippen LogP contribution is 2.28. The third-order valence-corrected chi connectivity index (χ3v) is 3.43. The molecule has 1 saturated carbocycles. The lowest BCUT2D eigenvalue weighted by atomic mass is 9.96. The lowest BCUT2D eigenvalue weighted by Gasteiger charge is -2.21. The number of hydrogen-bond donors (Lipinski definition) is 0. The van der Waals surface area contributed by atoms with Crippen molar-refractivity contribution >= 4 is 11.5 Å². The first-order chi connectivity index (χ1) is 5.86. The highest BCUT2D eigenvalue weighted by Gasteiger charge is 2.14. The maximum absolute atomic E-state index is 10.9. The minimum Gasteiger partial charge on any atom is -0.299 e. The molecule has 1 heterocycles. The third-order valence-electron chi connectivity index (χ3n) is 2.49. The average Bonchev–Trinajstić information content (AvgIpc) is 2.54. The molecule has 1 aliphatic rings. The monoisotopic (exact) mass is 183 g/mol. The number of aromatic nitrogens is 1. The highest BCUT2D eigenvalue weighted by atomic mass is 32.1. The smallest absolute Gasteiger partial charge is 0.249 e. The quantitative estimate of drug-likeness (QED) is 0.655. The molecule has 0 saturated heterocycles. The zero-order valence-electron chi connectivity index (χ0n) is 7.03. The van der Waals surface area contributed by atoms with Gasteiger partial charge in [-0.3, -0.25) is 8.75 Å². The molecule has 0 spiro atoms. The van der Waals surface area contributed by atoms with Gasteiger partial charge in [-0.25, -0.2) is 0 Å². The molecule has 0 unspecified atom stereocenters. The summed E-state index contributed by atoms with van der Waals surface area (Å²) in [6.45, 7) is 0. The van der Waals surface area contributed by atoms with Gasteiger partial charge in [-0.15, -0.1) is 0 Å². The zero-order chi connectivity index (χ0) is 8.39. The van der Waals surface area contributed by atoms with Crippen LogP contribution in [0.4, 0.5) is 0 Å². The van der Waals surface area contributed by atoms with Gasteiger partial charge in [0.2, 0.25) is 4.74 Å². The van der Waals surface area contributed by atoms with E-state index in [0.717, 1.165) is 0 Å². The summed E-state index contributed by atoms with van der Waals surface area (Å²) >= 11 is 1.36. The summed E-state index contributed by atoms with van der Waals surface area (Å²) in [6.07, 6.45) is 8.46. The van der Waals surface area contributed by atoms with Gasteiger partial charge in [0.1, 0.15) is 0 Å². The molecule has 0 bridgehead atoms. The average molecular weight is 183 g/mol. The van der Waals surface area contributed by atoms with Crippen molar-refractivity contribution in [2.45, 2.75) is 38.1 Å². The van der Waals surface area contributed by atoms with Crippen LogP contribution >= 0.6 is 11.5 Å². The van der Waals surface area contributed by atoms with E-state index in [-0.39, 0.29) is 4.74 Å². The fourth-order valence-corrected chi connectivity index (χ4v) is 2.64. The van der Waals surface area contributed by atoms with Crippen molar-refractivity contribution in [1.82, 2.24) is 3.96 Å². The van der Waals surface area contributed by atoms with Crippen LogP contribution in [0.25, 0.3) is 0 Å². The molecule has 0 amide bonds. The van der Waals surface area contributed by atoms with Gasteiger partial charge < -0.3 is 0 Å². The molecule has 0 atom stereocenters. The van der Waals surface area contributed by atoms with Gasteiger partial charge >= 0.3 is 0 Å². The van der Waals surface area contributed by atoms with E-state index in [1.54, 1.807) is 6.07 Å². The highest BCUT2D eigenvalue weighted by molar-refractivity contribution is 7.03. The molecule has 1 aromatic heterocycles. The van der Waals surface area contributed by atoms with E-state index in [4.69, 9.17) is 0 Å². The molecule has 1 aromatic rings. The van der Waals surface area contributed by atoms with Crippen molar-refractivity contribution < 1.29 is 0 Å². The first-order valence-electron chi connectivity index (χ1n) is 4.55. The van der Waals surface area contributed by atoms with Gasteiger partial charge in [0, 0.05) is 18.3 Å². The van der Waals surface area contributed by atoms with Crippen LogP contribution in [0.3, 0.4) is 0 Å². The van der Waals surface area contributed by atoms with Gasteiger partial charge in [-0.1, -0.05) is 19.3 Å². The van der Waals surface area contributed by atoms with Gasteiger partial charge in [-0.2, -0.15) is 0 Å². The zero-order valence-corrected chi connectivity index (χ0v) is 7.85. The molecule has 1 aliphatic carbocycles. The Balaban J connectivity index is 2.13. The minimum atomic E-state index is 0.181. The van der Waals surface area contributed by atoms with Crippen LogP contribution in [0.2, 0.25) is 0 Å². The summed E-state index contributed by atoms with van der Waals surface area (Å²) < 4.78 is 2.31. The molecule has 1 fully saturated rings. The predicted molar refractivity (Wildman–Crippen MR) is 50.7 cm³/mol. The summed E-state index contributed by atoms with van der Waals surface area (Å²) in [6, 6.07) is 2.28. The molecular weight excluding hydrogens is 170 g/mol.